The van der Waals surface area contributed by atoms with Crippen LogP contribution >= 0.6 is 0 Å². The van der Waals surface area contributed by atoms with Gasteiger partial charge in [-0.15, -0.1) is 0 Å². The number of benzene rings is 1. The average molecular weight is 436 g/mol. The number of carboxylic acid groups (broad SMARTS) is 2. The summed E-state index contributed by atoms with van der Waals surface area (Å²) in [6.45, 7) is 4.81. The standard InChI is InChI=1S/C17H21FN2O3.C4H4O4/c1-2-22-16(21)7-10-20-8-5-12(6-9-20)17-14-4-3-13(18)11-15(14)23-19-17;5-3(6)1-2-4(7)8/h3-4,11-12H,2,5-10H2,1H3;1-2H,(H,5,6)(H,7,8). The van der Waals surface area contributed by atoms with Gasteiger partial charge in [-0.25, -0.2) is 14.0 Å². The third kappa shape index (κ3) is 7.82. The maximum absolute atomic E-state index is 13.2. The first-order chi connectivity index (χ1) is 14.8. The van der Waals surface area contributed by atoms with E-state index in [0.29, 0.717) is 36.7 Å². The fourth-order valence-corrected chi connectivity index (χ4v) is 3.28. The second-order valence-corrected chi connectivity index (χ2v) is 6.89. The molecule has 1 aromatic carbocycles. The number of esters is 1. The molecule has 0 radical (unpaired) electrons. The monoisotopic (exact) mass is 436 g/mol. The summed E-state index contributed by atoms with van der Waals surface area (Å²) < 4.78 is 23.4. The predicted octanol–water partition coefficient (Wildman–Crippen LogP) is 2.81. The van der Waals surface area contributed by atoms with Crippen LogP contribution in [-0.2, 0) is 19.1 Å². The molecule has 3 rings (SSSR count). The molecule has 1 saturated heterocycles. The number of piperidine rings is 1. The van der Waals surface area contributed by atoms with Crippen LogP contribution in [0.3, 0.4) is 0 Å². The van der Waals surface area contributed by atoms with Crippen molar-refractivity contribution in [2.45, 2.75) is 32.1 Å². The summed E-state index contributed by atoms with van der Waals surface area (Å²) in [5.74, 6) is -2.64. The van der Waals surface area contributed by atoms with Crippen molar-refractivity contribution in [1.82, 2.24) is 10.1 Å². The lowest BCUT2D eigenvalue weighted by Gasteiger charge is -2.30. The summed E-state index contributed by atoms with van der Waals surface area (Å²) in [6.07, 6.45) is 3.47. The molecular weight excluding hydrogens is 411 g/mol. The fourth-order valence-electron chi connectivity index (χ4n) is 3.28. The van der Waals surface area contributed by atoms with Crippen LogP contribution in [0.25, 0.3) is 11.0 Å². The first-order valence-electron chi connectivity index (χ1n) is 9.86. The lowest BCUT2D eigenvalue weighted by atomic mass is 9.91. The molecule has 2 N–H and O–H groups in total. The van der Waals surface area contributed by atoms with Crippen molar-refractivity contribution in [1.29, 1.82) is 0 Å². The minimum absolute atomic E-state index is 0.140. The van der Waals surface area contributed by atoms with Gasteiger partial charge in [0, 0.05) is 36.1 Å². The highest BCUT2D eigenvalue weighted by molar-refractivity contribution is 5.89. The van der Waals surface area contributed by atoms with Crippen LogP contribution in [0.4, 0.5) is 4.39 Å². The summed E-state index contributed by atoms with van der Waals surface area (Å²) >= 11 is 0. The van der Waals surface area contributed by atoms with Gasteiger partial charge in [0.1, 0.15) is 5.82 Å². The molecule has 2 aromatic rings. The molecule has 168 valence electrons. The number of halogens is 1. The molecule has 31 heavy (non-hydrogen) atoms. The van der Waals surface area contributed by atoms with Crippen LogP contribution in [0, 0.1) is 5.82 Å². The number of aliphatic carboxylic acids is 2. The van der Waals surface area contributed by atoms with E-state index < -0.39 is 11.9 Å². The van der Waals surface area contributed by atoms with Crippen LogP contribution in [0.5, 0.6) is 0 Å². The van der Waals surface area contributed by atoms with Gasteiger partial charge in [0.2, 0.25) is 0 Å². The lowest BCUT2D eigenvalue weighted by Crippen LogP contribution is -2.34. The molecule has 0 saturated carbocycles. The zero-order valence-corrected chi connectivity index (χ0v) is 17.1. The second kappa shape index (κ2) is 11.8. The molecule has 1 aliphatic heterocycles. The molecule has 2 heterocycles. The Kier molecular flexibility index (Phi) is 9.13. The first kappa shape index (κ1) is 24.0. The molecule has 1 aliphatic rings. The van der Waals surface area contributed by atoms with Gasteiger partial charge < -0.3 is 24.4 Å². The fraction of sp³-hybridized carbons (Fsp3) is 0.429. The van der Waals surface area contributed by atoms with Gasteiger partial charge in [0.05, 0.1) is 18.7 Å². The van der Waals surface area contributed by atoms with E-state index in [1.165, 1.54) is 12.1 Å². The van der Waals surface area contributed by atoms with Crippen molar-refractivity contribution < 1.29 is 38.2 Å². The molecule has 9 nitrogen and oxygen atoms in total. The Bertz CT molecular complexity index is 917. The third-order valence-electron chi connectivity index (χ3n) is 4.74. The number of nitrogens with zero attached hydrogens (tertiary/aromatic N) is 2. The smallest absolute Gasteiger partial charge is 0.328 e. The zero-order valence-electron chi connectivity index (χ0n) is 17.1. The van der Waals surface area contributed by atoms with Gasteiger partial charge in [-0.05, 0) is 45.0 Å². The number of likely N-dealkylation sites (tertiary alicyclic amines) is 1. The average Bonchev–Trinajstić information content (AvgIpc) is 3.15. The van der Waals surface area contributed by atoms with Crippen LogP contribution in [0.1, 0.15) is 37.8 Å². The zero-order chi connectivity index (χ0) is 22.8. The van der Waals surface area contributed by atoms with Crippen LogP contribution in [0.15, 0.2) is 34.9 Å². The maximum Gasteiger partial charge on any atom is 0.328 e. The Morgan fingerprint density at radius 3 is 2.45 bits per heavy atom. The van der Waals surface area contributed by atoms with E-state index in [0.717, 1.165) is 43.6 Å². The Morgan fingerprint density at radius 1 is 1.23 bits per heavy atom. The number of hydrogen-bond donors (Lipinski definition) is 2. The number of aromatic nitrogens is 1. The quantitative estimate of drug-likeness (QED) is 0.497. The molecule has 1 aromatic heterocycles. The second-order valence-electron chi connectivity index (χ2n) is 6.89. The lowest BCUT2D eigenvalue weighted by molar-refractivity contribution is -0.143. The molecule has 0 unspecified atom stereocenters. The molecule has 0 amide bonds. The topological polar surface area (TPSA) is 130 Å². The Balaban J connectivity index is 0.000000366. The van der Waals surface area contributed by atoms with Crippen molar-refractivity contribution >= 4 is 28.9 Å². The molecule has 0 spiro atoms. The highest BCUT2D eigenvalue weighted by Crippen LogP contribution is 2.32. The normalized spacial score (nSPS) is 14.9. The SMILES string of the molecule is CCOC(=O)CCN1CCC(c2noc3cc(F)ccc23)CC1.O=C(O)C=CC(=O)O. The van der Waals surface area contributed by atoms with Crippen LogP contribution < -0.4 is 0 Å². The largest absolute Gasteiger partial charge is 0.478 e. The number of rotatable bonds is 7. The Labute approximate surface area is 178 Å². The van der Waals surface area contributed by atoms with E-state index in [9.17, 15) is 18.8 Å². The minimum Gasteiger partial charge on any atom is -0.478 e. The number of fused-ring (bicyclic) bond motifs is 1. The molecule has 1 fully saturated rings. The highest BCUT2D eigenvalue weighted by Gasteiger charge is 2.25. The third-order valence-corrected chi connectivity index (χ3v) is 4.74. The Hall–Kier alpha value is -3.27. The minimum atomic E-state index is -1.26. The maximum atomic E-state index is 13.2. The molecular formula is C21H25FN2O7. The van der Waals surface area contributed by atoms with Crippen LogP contribution in [0.2, 0.25) is 0 Å². The summed E-state index contributed by atoms with van der Waals surface area (Å²) in [6, 6.07) is 4.56. The summed E-state index contributed by atoms with van der Waals surface area (Å²) in [5, 5.41) is 20.7. The van der Waals surface area contributed by atoms with E-state index >= 15 is 0 Å². The van der Waals surface area contributed by atoms with E-state index in [1.807, 2.05) is 6.92 Å². The van der Waals surface area contributed by atoms with Gasteiger partial charge in [-0.2, -0.15) is 0 Å². The van der Waals surface area contributed by atoms with Gasteiger partial charge in [-0.1, -0.05) is 5.16 Å². The van der Waals surface area contributed by atoms with E-state index in [-0.39, 0.29) is 11.8 Å². The van der Waals surface area contributed by atoms with Gasteiger partial charge >= 0.3 is 17.9 Å². The molecule has 0 aliphatic carbocycles. The summed E-state index contributed by atoms with van der Waals surface area (Å²) in [5.41, 5.74) is 1.43. The van der Waals surface area contributed by atoms with E-state index in [2.05, 4.69) is 10.1 Å². The Morgan fingerprint density at radius 2 is 1.87 bits per heavy atom. The number of carbonyl (C=O) groups excluding carboxylic acids is 1. The van der Waals surface area contributed by atoms with Crippen LogP contribution in [-0.4, -0.2) is 64.4 Å². The van der Waals surface area contributed by atoms with E-state index in [1.54, 1.807) is 6.07 Å². The molecule has 10 heteroatoms. The number of hydrogen-bond acceptors (Lipinski definition) is 7. The van der Waals surface area contributed by atoms with Crippen molar-refractivity contribution in [3.8, 4) is 0 Å². The number of carbonyl (C=O) groups is 3. The molecule has 0 atom stereocenters. The highest BCUT2D eigenvalue weighted by atomic mass is 19.1. The van der Waals surface area contributed by atoms with E-state index in [4.69, 9.17) is 19.5 Å². The van der Waals surface area contributed by atoms with Gasteiger partial charge in [-0.3, -0.25) is 4.79 Å². The predicted molar refractivity (Wildman–Crippen MR) is 108 cm³/mol. The summed E-state index contributed by atoms with van der Waals surface area (Å²) in [4.78, 5) is 32.8. The van der Waals surface area contributed by atoms with Crippen molar-refractivity contribution in [2.75, 3.05) is 26.2 Å². The summed E-state index contributed by atoms with van der Waals surface area (Å²) in [7, 11) is 0. The van der Waals surface area contributed by atoms with Gasteiger partial charge in [0.25, 0.3) is 0 Å². The van der Waals surface area contributed by atoms with Gasteiger partial charge in [0.15, 0.2) is 5.58 Å². The number of carboxylic acids is 2. The van der Waals surface area contributed by atoms with Crippen molar-refractivity contribution in [3.63, 3.8) is 0 Å². The first-order valence-corrected chi connectivity index (χ1v) is 9.86. The number of ether oxygens (including phenoxy) is 1. The van der Waals surface area contributed by atoms with Crippen molar-refractivity contribution in [3.05, 3.63) is 41.9 Å². The van der Waals surface area contributed by atoms with Crippen molar-refractivity contribution in [2.24, 2.45) is 0 Å². The molecule has 0 bridgehead atoms.